The molecule has 1 aliphatic heterocycles. The Morgan fingerprint density at radius 3 is 2.65 bits per heavy atom. The molecule has 1 heterocycles. The van der Waals surface area contributed by atoms with Crippen LogP contribution in [-0.2, 0) is 4.74 Å². The van der Waals surface area contributed by atoms with Crippen LogP contribution in [0.4, 0.5) is 0 Å². The largest absolute Gasteiger partial charge is 0.379 e. The van der Waals surface area contributed by atoms with Gasteiger partial charge in [0.05, 0.1) is 5.60 Å². The summed E-state index contributed by atoms with van der Waals surface area (Å²) in [6.45, 7) is 7.24. The van der Waals surface area contributed by atoms with Crippen molar-refractivity contribution in [2.24, 2.45) is 5.73 Å². The highest BCUT2D eigenvalue weighted by Crippen LogP contribution is 2.30. The molecule has 1 aromatic rings. The highest BCUT2D eigenvalue weighted by molar-refractivity contribution is 5.21. The SMILES string of the molecule is COC(C)(C)CC(CN)N1CCC(c2ccccc2)C1. The van der Waals surface area contributed by atoms with Crippen molar-refractivity contribution < 1.29 is 4.74 Å². The van der Waals surface area contributed by atoms with Crippen LogP contribution in [0.5, 0.6) is 0 Å². The van der Waals surface area contributed by atoms with Crippen LogP contribution >= 0.6 is 0 Å². The Morgan fingerprint density at radius 2 is 2.05 bits per heavy atom. The van der Waals surface area contributed by atoms with Gasteiger partial charge in [0.1, 0.15) is 0 Å². The average molecular weight is 276 g/mol. The summed E-state index contributed by atoms with van der Waals surface area (Å²) in [5, 5.41) is 0. The zero-order valence-electron chi connectivity index (χ0n) is 13.0. The number of ether oxygens (including phenoxy) is 1. The molecule has 3 nitrogen and oxygen atoms in total. The van der Waals surface area contributed by atoms with Crippen molar-refractivity contribution in [2.45, 2.75) is 44.2 Å². The monoisotopic (exact) mass is 276 g/mol. The van der Waals surface area contributed by atoms with E-state index in [1.54, 1.807) is 7.11 Å². The smallest absolute Gasteiger partial charge is 0.0638 e. The molecule has 1 fully saturated rings. The van der Waals surface area contributed by atoms with Gasteiger partial charge in [0, 0.05) is 26.2 Å². The van der Waals surface area contributed by atoms with E-state index in [9.17, 15) is 0 Å². The summed E-state index contributed by atoms with van der Waals surface area (Å²) in [5.74, 6) is 0.649. The van der Waals surface area contributed by atoms with Crippen molar-refractivity contribution in [1.82, 2.24) is 4.90 Å². The van der Waals surface area contributed by atoms with Crippen molar-refractivity contribution in [3.63, 3.8) is 0 Å². The van der Waals surface area contributed by atoms with Crippen molar-refractivity contribution in [3.8, 4) is 0 Å². The second kappa shape index (κ2) is 6.70. The lowest BCUT2D eigenvalue weighted by molar-refractivity contribution is -0.00491. The maximum absolute atomic E-state index is 6.00. The molecule has 0 radical (unpaired) electrons. The molecule has 2 atom stereocenters. The van der Waals surface area contributed by atoms with Crippen LogP contribution in [0.1, 0.15) is 38.2 Å². The number of nitrogens with zero attached hydrogens (tertiary/aromatic N) is 1. The van der Waals surface area contributed by atoms with Crippen molar-refractivity contribution >= 4 is 0 Å². The zero-order chi connectivity index (χ0) is 14.6. The molecule has 0 saturated carbocycles. The summed E-state index contributed by atoms with van der Waals surface area (Å²) in [4.78, 5) is 2.54. The van der Waals surface area contributed by atoms with E-state index in [2.05, 4.69) is 49.1 Å². The molecule has 112 valence electrons. The number of likely N-dealkylation sites (tertiary alicyclic amines) is 1. The lowest BCUT2D eigenvalue weighted by Crippen LogP contribution is -2.44. The molecule has 1 aromatic carbocycles. The van der Waals surface area contributed by atoms with Gasteiger partial charge in [-0.25, -0.2) is 0 Å². The van der Waals surface area contributed by atoms with E-state index >= 15 is 0 Å². The van der Waals surface area contributed by atoms with E-state index in [1.807, 2.05) is 0 Å². The minimum absolute atomic E-state index is 0.102. The highest BCUT2D eigenvalue weighted by atomic mass is 16.5. The first kappa shape index (κ1) is 15.5. The Hall–Kier alpha value is -0.900. The first-order valence-electron chi connectivity index (χ1n) is 7.60. The molecule has 2 unspecified atom stereocenters. The molecule has 1 saturated heterocycles. The minimum atomic E-state index is -0.102. The Morgan fingerprint density at radius 1 is 1.35 bits per heavy atom. The fourth-order valence-corrected chi connectivity index (χ4v) is 3.13. The third-order valence-corrected chi connectivity index (χ3v) is 4.56. The summed E-state index contributed by atoms with van der Waals surface area (Å²) in [6, 6.07) is 11.2. The third kappa shape index (κ3) is 3.81. The Balaban J connectivity index is 1.97. The molecule has 0 aliphatic carbocycles. The quantitative estimate of drug-likeness (QED) is 0.868. The van der Waals surface area contributed by atoms with Crippen LogP contribution in [0, 0.1) is 0 Å². The molecule has 0 aromatic heterocycles. The molecule has 20 heavy (non-hydrogen) atoms. The van der Waals surface area contributed by atoms with Crippen LogP contribution in [0.3, 0.4) is 0 Å². The lowest BCUT2D eigenvalue weighted by Gasteiger charge is -2.33. The van der Waals surface area contributed by atoms with Crippen LogP contribution < -0.4 is 5.73 Å². The van der Waals surface area contributed by atoms with Crippen LogP contribution in [0.15, 0.2) is 30.3 Å². The maximum Gasteiger partial charge on any atom is 0.0638 e. The molecular weight excluding hydrogens is 248 g/mol. The predicted octanol–water partition coefficient (Wildman–Crippen LogP) is 2.62. The summed E-state index contributed by atoms with van der Waals surface area (Å²) >= 11 is 0. The first-order valence-corrected chi connectivity index (χ1v) is 7.60. The third-order valence-electron chi connectivity index (χ3n) is 4.56. The molecule has 0 amide bonds. The van der Waals surface area contributed by atoms with E-state index < -0.39 is 0 Å². The molecular formula is C17H28N2O. The second-order valence-electron chi connectivity index (χ2n) is 6.45. The molecule has 0 spiro atoms. The van der Waals surface area contributed by atoms with Gasteiger partial charge in [0.2, 0.25) is 0 Å². The van der Waals surface area contributed by atoms with Gasteiger partial charge in [-0.1, -0.05) is 30.3 Å². The van der Waals surface area contributed by atoms with Crippen LogP contribution in [-0.4, -0.2) is 43.3 Å². The normalized spacial score (nSPS) is 22.1. The second-order valence-corrected chi connectivity index (χ2v) is 6.45. The fraction of sp³-hybridized carbons (Fsp3) is 0.647. The van der Waals surface area contributed by atoms with Gasteiger partial charge in [0.15, 0.2) is 0 Å². The van der Waals surface area contributed by atoms with Gasteiger partial charge in [-0.15, -0.1) is 0 Å². The standard InChI is InChI=1S/C17H28N2O/c1-17(2,20-3)11-16(12-18)19-10-9-15(13-19)14-7-5-4-6-8-14/h4-8,15-16H,9-13,18H2,1-3H3. The van der Waals surface area contributed by atoms with Gasteiger partial charge in [-0.3, -0.25) is 4.90 Å². The molecule has 2 rings (SSSR count). The van der Waals surface area contributed by atoms with Crippen molar-refractivity contribution in [1.29, 1.82) is 0 Å². The number of rotatable bonds is 6. The van der Waals surface area contributed by atoms with E-state index in [0.29, 0.717) is 18.5 Å². The number of benzene rings is 1. The molecule has 2 N–H and O–H groups in total. The summed E-state index contributed by atoms with van der Waals surface area (Å²) in [5.41, 5.74) is 7.35. The molecule has 3 heteroatoms. The minimum Gasteiger partial charge on any atom is -0.379 e. The zero-order valence-corrected chi connectivity index (χ0v) is 13.0. The van der Waals surface area contributed by atoms with Crippen LogP contribution in [0.2, 0.25) is 0 Å². The number of hydrogen-bond donors (Lipinski definition) is 1. The molecule has 0 bridgehead atoms. The summed E-state index contributed by atoms with van der Waals surface area (Å²) in [6.07, 6.45) is 2.22. The average Bonchev–Trinajstić information content (AvgIpc) is 2.95. The predicted molar refractivity (Wildman–Crippen MR) is 83.9 cm³/mol. The van der Waals surface area contributed by atoms with Gasteiger partial charge in [-0.05, 0) is 44.7 Å². The van der Waals surface area contributed by atoms with E-state index in [1.165, 1.54) is 12.0 Å². The van der Waals surface area contributed by atoms with Gasteiger partial charge < -0.3 is 10.5 Å². The fourth-order valence-electron chi connectivity index (χ4n) is 3.13. The summed E-state index contributed by atoms with van der Waals surface area (Å²) < 4.78 is 5.56. The van der Waals surface area contributed by atoms with Crippen molar-refractivity contribution in [2.75, 3.05) is 26.7 Å². The van der Waals surface area contributed by atoms with Crippen molar-refractivity contribution in [3.05, 3.63) is 35.9 Å². The maximum atomic E-state index is 6.00. The molecule has 1 aliphatic rings. The van der Waals surface area contributed by atoms with Gasteiger partial charge >= 0.3 is 0 Å². The summed E-state index contributed by atoms with van der Waals surface area (Å²) in [7, 11) is 1.78. The lowest BCUT2D eigenvalue weighted by atomic mass is 9.97. The number of hydrogen-bond acceptors (Lipinski definition) is 3. The number of methoxy groups -OCH3 is 1. The Bertz CT molecular complexity index is 405. The first-order chi connectivity index (χ1) is 9.55. The highest BCUT2D eigenvalue weighted by Gasteiger charge is 2.31. The Kier molecular flexibility index (Phi) is 5.19. The van der Waals surface area contributed by atoms with Gasteiger partial charge in [-0.2, -0.15) is 0 Å². The number of nitrogens with two attached hydrogens (primary N) is 1. The topological polar surface area (TPSA) is 38.5 Å². The van der Waals surface area contributed by atoms with E-state index in [4.69, 9.17) is 10.5 Å². The Labute approximate surface area is 123 Å². The van der Waals surface area contributed by atoms with E-state index in [-0.39, 0.29) is 5.60 Å². The van der Waals surface area contributed by atoms with Crippen LogP contribution in [0.25, 0.3) is 0 Å². The van der Waals surface area contributed by atoms with E-state index in [0.717, 1.165) is 19.5 Å². The van der Waals surface area contributed by atoms with Gasteiger partial charge in [0.25, 0.3) is 0 Å².